The van der Waals surface area contributed by atoms with E-state index in [9.17, 15) is 4.79 Å². The van der Waals surface area contributed by atoms with Gasteiger partial charge in [0.1, 0.15) is 0 Å². The molecule has 0 aromatic heterocycles. The molecule has 1 rings (SSSR count). The first-order valence-corrected chi connectivity index (χ1v) is 8.02. The van der Waals surface area contributed by atoms with Crippen LogP contribution in [0.3, 0.4) is 0 Å². The molecule has 0 fully saturated rings. The SMILES string of the molecule is O=C(NCCCCCBr)c1cc(Cl)ccc1I. The maximum Gasteiger partial charge on any atom is 0.252 e. The van der Waals surface area contributed by atoms with Gasteiger partial charge in [0.25, 0.3) is 5.91 Å². The highest BCUT2D eigenvalue weighted by Gasteiger charge is 2.09. The Morgan fingerprint density at radius 3 is 2.82 bits per heavy atom. The second-order valence-electron chi connectivity index (χ2n) is 3.63. The highest BCUT2D eigenvalue weighted by atomic mass is 127. The first-order valence-electron chi connectivity index (χ1n) is 5.44. The van der Waals surface area contributed by atoms with Gasteiger partial charge < -0.3 is 5.32 Å². The molecule has 0 saturated carbocycles. The van der Waals surface area contributed by atoms with Crippen LogP contribution in [0.4, 0.5) is 0 Å². The van der Waals surface area contributed by atoms with E-state index < -0.39 is 0 Å². The zero-order chi connectivity index (χ0) is 12.7. The van der Waals surface area contributed by atoms with Crippen LogP contribution in [0.5, 0.6) is 0 Å². The van der Waals surface area contributed by atoms with E-state index in [0.717, 1.165) is 28.2 Å². The maximum atomic E-state index is 11.9. The zero-order valence-corrected chi connectivity index (χ0v) is 13.8. The molecule has 5 heteroatoms. The second-order valence-corrected chi connectivity index (χ2v) is 6.02. The van der Waals surface area contributed by atoms with Crippen molar-refractivity contribution in [3.63, 3.8) is 0 Å². The molecule has 1 aromatic rings. The molecule has 2 nitrogen and oxygen atoms in total. The lowest BCUT2D eigenvalue weighted by molar-refractivity contribution is 0.0952. The Hall–Kier alpha value is 0.190. The predicted molar refractivity (Wildman–Crippen MR) is 84.1 cm³/mol. The molecule has 0 aliphatic carbocycles. The Morgan fingerprint density at radius 2 is 2.12 bits per heavy atom. The van der Waals surface area contributed by atoms with Crippen LogP contribution >= 0.6 is 50.1 Å². The minimum atomic E-state index is -0.0456. The molecule has 0 spiro atoms. The first-order chi connectivity index (χ1) is 8.15. The van der Waals surface area contributed by atoms with E-state index in [1.165, 1.54) is 0 Å². The van der Waals surface area contributed by atoms with Crippen LogP contribution in [0.2, 0.25) is 5.02 Å². The molecular formula is C12H14BrClINO. The zero-order valence-electron chi connectivity index (χ0n) is 9.31. The molecule has 1 aromatic carbocycles. The molecule has 0 unspecified atom stereocenters. The van der Waals surface area contributed by atoms with Gasteiger partial charge in [0.05, 0.1) is 5.56 Å². The number of unbranched alkanes of at least 4 members (excludes halogenated alkanes) is 2. The molecule has 94 valence electrons. The molecule has 0 aliphatic rings. The summed E-state index contributed by atoms with van der Waals surface area (Å²) in [6, 6.07) is 5.34. The Kier molecular flexibility index (Phi) is 7.46. The van der Waals surface area contributed by atoms with Gasteiger partial charge in [0, 0.05) is 20.5 Å². The van der Waals surface area contributed by atoms with Crippen molar-refractivity contribution in [2.24, 2.45) is 0 Å². The summed E-state index contributed by atoms with van der Waals surface area (Å²) in [6.07, 6.45) is 3.28. The molecule has 0 aliphatic heterocycles. The van der Waals surface area contributed by atoms with E-state index in [2.05, 4.69) is 43.8 Å². The molecule has 0 bridgehead atoms. The van der Waals surface area contributed by atoms with E-state index in [0.29, 0.717) is 17.1 Å². The van der Waals surface area contributed by atoms with Gasteiger partial charge in [0.2, 0.25) is 0 Å². The summed E-state index contributed by atoms with van der Waals surface area (Å²) >= 11 is 11.4. The molecule has 0 atom stereocenters. The summed E-state index contributed by atoms with van der Waals surface area (Å²) in [5.41, 5.74) is 0.651. The smallest absolute Gasteiger partial charge is 0.252 e. The Morgan fingerprint density at radius 1 is 1.35 bits per heavy atom. The van der Waals surface area contributed by atoms with Crippen molar-refractivity contribution in [1.82, 2.24) is 5.32 Å². The van der Waals surface area contributed by atoms with Gasteiger partial charge in [-0.2, -0.15) is 0 Å². The first kappa shape index (κ1) is 15.2. The van der Waals surface area contributed by atoms with Gasteiger partial charge in [-0.1, -0.05) is 34.0 Å². The number of rotatable bonds is 6. The van der Waals surface area contributed by atoms with Crippen molar-refractivity contribution in [1.29, 1.82) is 0 Å². The van der Waals surface area contributed by atoms with Crippen LogP contribution in [0.1, 0.15) is 29.6 Å². The van der Waals surface area contributed by atoms with E-state index in [-0.39, 0.29) is 5.91 Å². The molecule has 1 N–H and O–H groups in total. The normalized spacial score (nSPS) is 10.3. The number of carbonyl (C=O) groups is 1. The van der Waals surface area contributed by atoms with Gasteiger partial charge in [-0.25, -0.2) is 0 Å². The van der Waals surface area contributed by atoms with Crippen molar-refractivity contribution in [2.45, 2.75) is 19.3 Å². The summed E-state index contributed by atoms with van der Waals surface area (Å²) < 4.78 is 0.921. The van der Waals surface area contributed by atoms with Crippen molar-refractivity contribution >= 4 is 56.0 Å². The fraction of sp³-hybridized carbons (Fsp3) is 0.417. The van der Waals surface area contributed by atoms with Gasteiger partial charge in [-0.3, -0.25) is 4.79 Å². The number of alkyl halides is 1. The van der Waals surface area contributed by atoms with Crippen molar-refractivity contribution in [3.8, 4) is 0 Å². The second kappa shape index (κ2) is 8.32. The van der Waals surface area contributed by atoms with Crippen LogP contribution < -0.4 is 5.32 Å². The Balaban J connectivity index is 2.44. The third-order valence-corrected chi connectivity index (χ3v) is 4.01. The van der Waals surface area contributed by atoms with Gasteiger partial charge in [-0.05, 0) is 53.6 Å². The van der Waals surface area contributed by atoms with E-state index in [1.807, 2.05) is 6.07 Å². The lowest BCUT2D eigenvalue weighted by atomic mass is 10.2. The van der Waals surface area contributed by atoms with E-state index >= 15 is 0 Å². The summed E-state index contributed by atoms with van der Waals surface area (Å²) in [5.74, 6) is -0.0456. The van der Waals surface area contributed by atoms with Crippen LogP contribution in [-0.2, 0) is 0 Å². The topological polar surface area (TPSA) is 29.1 Å². The predicted octanol–water partition coefficient (Wildman–Crippen LogP) is 4.24. The number of benzene rings is 1. The molecule has 1 amide bonds. The van der Waals surface area contributed by atoms with Crippen LogP contribution in [-0.4, -0.2) is 17.8 Å². The summed E-state index contributed by atoms with van der Waals surface area (Å²) in [4.78, 5) is 11.9. The van der Waals surface area contributed by atoms with Crippen LogP contribution in [0.15, 0.2) is 18.2 Å². The third kappa shape index (κ3) is 5.57. The van der Waals surface area contributed by atoms with E-state index in [1.54, 1.807) is 12.1 Å². The standard InChI is InChI=1S/C12H14BrClINO/c13-6-2-1-3-7-16-12(17)10-8-9(14)4-5-11(10)15/h4-5,8H,1-3,6-7H2,(H,16,17). The van der Waals surface area contributed by atoms with Crippen LogP contribution in [0, 0.1) is 3.57 Å². The van der Waals surface area contributed by atoms with Gasteiger partial charge in [-0.15, -0.1) is 0 Å². The minimum absolute atomic E-state index is 0.0456. The maximum absolute atomic E-state index is 11.9. The molecule has 17 heavy (non-hydrogen) atoms. The number of hydrogen-bond acceptors (Lipinski definition) is 1. The van der Waals surface area contributed by atoms with Crippen molar-refractivity contribution in [3.05, 3.63) is 32.4 Å². The van der Waals surface area contributed by atoms with Crippen LogP contribution in [0.25, 0.3) is 0 Å². The largest absolute Gasteiger partial charge is 0.352 e. The number of amides is 1. The van der Waals surface area contributed by atoms with E-state index in [4.69, 9.17) is 11.6 Å². The minimum Gasteiger partial charge on any atom is -0.352 e. The average molecular weight is 431 g/mol. The van der Waals surface area contributed by atoms with Gasteiger partial charge in [0.15, 0.2) is 0 Å². The average Bonchev–Trinajstić information content (AvgIpc) is 2.32. The fourth-order valence-corrected chi connectivity index (χ4v) is 2.51. The Labute approximate surface area is 129 Å². The summed E-state index contributed by atoms with van der Waals surface area (Å²) in [6.45, 7) is 0.717. The number of carbonyl (C=O) groups excluding carboxylic acids is 1. The van der Waals surface area contributed by atoms with Crippen molar-refractivity contribution in [2.75, 3.05) is 11.9 Å². The summed E-state index contributed by atoms with van der Waals surface area (Å²) in [7, 11) is 0. The molecule has 0 heterocycles. The summed E-state index contributed by atoms with van der Waals surface area (Å²) in [5, 5.41) is 4.52. The molecular weight excluding hydrogens is 416 g/mol. The highest BCUT2D eigenvalue weighted by Crippen LogP contribution is 2.17. The monoisotopic (exact) mass is 429 g/mol. The highest BCUT2D eigenvalue weighted by molar-refractivity contribution is 14.1. The number of halogens is 3. The lowest BCUT2D eigenvalue weighted by Crippen LogP contribution is -2.25. The van der Waals surface area contributed by atoms with Crippen molar-refractivity contribution < 1.29 is 4.79 Å². The lowest BCUT2D eigenvalue weighted by Gasteiger charge is -2.07. The Bertz CT molecular complexity index is 387. The third-order valence-electron chi connectivity index (χ3n) is 2.27. The number of hydrogen-bond donors (Lipinski definition) is 1. The fourth-order valence-electron chi connectivity index (χ4n) is 1.36. The molecule has 0 saturated heterocycles. The van der Waals surface area contributed by atoms with Gasteiger partial charge >= 0.3 is 0 Å². The quantitative estimate of drug-likeness (QED) is 0.408. The number of nitrogens with one attached hydrogen (secondary N) is 1. The molecule has 0 radical (unpaired) electrons.